The minimum Gasteiger partial charge on any atom is -0.493 e. The van der Waals surface area contributed by atoms with Crippen LogP contribution in [0.5, 0.6) is 5.75 Å². The summed E-state index contributed by atoms with van der Waals surface area (Å²) in [6.45, 7) is 0.807. The molecule has 0 saturated heterocycles. The van der Waals surface area contributed by atoms with Crippen LogP contribution in [0.25, 0.3) is 22.4 Å². The third-order valence-corrected chi connectivity index (χ3v) is 7.07. The molecule has 7 rings (SSSR count). The van der Waals surface area contributed by atoms with Crippen molar-refractivity contribution < 1.29 is 14.2 Å². The van der Waals surface area contributed by atoms with Crippen LogP contribution in [0.4, 0.5) is 10.3 Å². The van der Waals surface area contributed by atoms with Crippen LogP contribution in [0.3, 0.4) is 0 Å². The lowest BCUT2D eigenvalue weighted by molar-refractivity contribution is -0.0443. The zero-order valence-corrected chi connectivity index (χ0v) is 18.6. The van der Waals surface area contributed by atoms with Gasteiger partial charge in [-0.1, -0.05) is 0 Å². The number of aromatic nitrogens is 7. The van der Waals surface area contributed by atoms with Crippen molar-refractivity contribution in [2.24, 2.45) is 0 Å². The molecule has 5 heterocycles. The molecular weight excluding hydrogens is 451 g/mol. The third kappa shape index (κ3) is 3.01. The molecule has 4 aromatic heterocycles. The molecule has 35 heavy (non-hydrogen) atoms. The van der Waals surface area contributed by atoms with E-state index in [1.165, 1.54) is 12.4 Å². The van der Waals surface area contributed by atoms with Crippen molar-refractivity contribution in [2.75, 3.05) is 11.9 Å². The van der Waals surface area contributed by atoms with E-state index in [0.717, 1.165) is 34.6 Å². The number of nitrogens with zero attached hydrogens (tertiary/aromatic N) is 7. The predicted octanol–water partition coefficient (Wildman–Crippen LogP) is 2.89. The minimum atomic E-state index is -0.876. The molecule has 2 N–H and O–H groups in total. The van der Waals surface area contributed by atoms with Gasteiger partial charge in [-0.05, 0) is 43.5 Å². The van der Waals surface area contributed by atoms with Crippen molar-refractivity contribution in [3.63, 3.8) is 0 Å². The highest BCUT2D eigenvalue weighted by molar-refractivity contribution is 5.86. The molecule has 2 aliphatic rings. The van der Waals surface area contributed by atoms with Crippen molar-refractivity contribution in [2.45, 2.75) is 37.8 Å². The van der Waals surface area contributed by atoms with Crippen LogP contribution < -0.4 is 10.1 Å². The number of nitrogens with one attached hydrogen (secondary N) is 1. The fraction of sp³-hybridized carbons (Fsp3) is 0.292. The second-order valence-corrected chi connectivity index (χ2v) is 8.99. The smallest absolute Gasteiger partial charge is 0.210 e. The van der Waals surface area contributed by atoms with Crippen molar-refractivity contribution in [3.8, 4) is 16.9 Å². The van der Waals surface area contributed by atoms with E-state index in [-0.39, 0.29) is 12.4 Å². The normalized spacial score (nSPS) is 16.3. The van der Waals surface area contributed by atoms with Crippen molar-refractivity contribution >= 4 is 17.2 Å². The topological polar surface area (TPSA) is 115 Å². The molecular formula is C24H21FN8O2. The largest absolute Gasteiger partial charge is 0.493 e. The van der Waals surface area contributed by atoms with Gasteiger partial charge in [0, 0.05) is 41.4 Å². The number of anilines is 1. The first-order valence-electron chi connectivity index (χ1n) is 11.5. The SMILES string of the molecule is OC1(c2ccc(-c3cnc(NCc4c(F)ccc5c4CCO5)n4cnnc34)c3ncnn23)CCC1. The Hall–Kier alpha value is -4.12. The summed E-state index contributed by atoms with van der Waals surface area (Å²) in [7, 11) is 0. The minimum absolute atomic E-state index is 0.250. The maximum Gasteiger partial charge on any atom is 0.210 e. The first-order valence-corrected chi connectivity index (χ1v) is 11.5. The van der Waals surface area contributed by atoms with Gasteiger partial charge < -0.3 is 15.2 Å². The average Bonchev–Trinajstić information content (AvgIpc) is 3.61. The lowest BCUT2D eigenvalue weighted by atomic mass is 9.77. The number of hydrogen-bond donors (Lipinski definition) is 2. The monoisotopic (exact) mass is 472 g/mol. The predicted molar refractivity (Wildman–Crippen MR) is 123 cm³/mol. The molecule has 11 heteroatoms. The molecule has 176 valence electrons. The van der Waals surface area contributed by atoms with Gasteiger partial charge >= 0.3 is 0 Å². The van der Waals surface area contributed by atoms with Gasteiger partial charge in [-0.2, -0.15) is 5.10 Å². The van der Waals surface area contributed by atoms with Gasteiger partial charge in [-0.15, -0.1) is 10.2 Å². The van der Waals surface area contributed by atoms with Crippen molar-refractivity contribution in [3.05, 3.63) is 65.8 Å². The Morgan fingerprint density at radius 2 is 2.03 bits per heavy atom. The molecule has 0 unspecified atom stereocenters. The van der Waals surface area contributed by atoms with E-state index in [2.05, 4.69) is 30.6 Å². The van der Waals surface area contributed by atoms with E-state index in [9.17, 15) is 9.50 Å². The second kappa shape index (κ2) is 7.44. The molecule has 1 fully saturated rings. The van der Waals surface area contributed by atoms with Crippen LogP contribution in [0.15, 0.2) is 43.1 Å². The number of aliphatic hydroxyl groups is 1. The summed E-state index contributed by atoms with van der Waals surface area (Å²) in [6, 6.07) is 6.90. The van der Waals surface area contributed by atoms with E-state index in [0.29, 0.717) is 48.7 Å². The molecule has 1 aliphatic carbocycles. The molecule has 0 bridgehead atoms. The lowest BCUT2D eigenvalue weighted by Gasteiger charge is -2.36. The van der Waals surface area contributed by atoms with E-state index >= 15 is 0 Å². The number of rotatable bonds is 5. The molecule has 0 spiro atoms. The van der Waals surface area contributed by atoms with E-state index < -0.39 is 5.60 Å². The van der Waals surface area contributed by atoms with Crippen LogP contribution in [-0.4, -0.2) is 45.9 Å². The Morgan fingerprint density at radius 3 is 2.89 bits per heavy atom. The van der Waals surface area contributed by atoms with Gasteiger partial charge in [-0.3, -0.25) is 4.40 Å². The van der Waals surface area contributed by atoms with E-state index in [1.54, 1.807) is 27.5 Å². The van der Waals surface area contributed by atoms with E-state index in [1.807, 2.05) is 12.1 Å². The fourth-order valence-corrected chi connectivity index (χ4v) is 5.05. The number of fused-ring (bicyclic) bond motifs is 3. The molecule has 1 aromatic carbocycles. The average molecular weight is 472 g/mol. The van der Waals surface area contributed by atoms with Crippen LogP contribution in [0.2, 0.25) is 0 Å². The summed E-state index contributed by atoms with van der Waals surface area (Å²) < 4.78 is 23.6. The summed E-state index contributed by atoms with van der Waals surface area (Å²) in [5.74, 6) is 0.941. The maximum atomic E-state index is 14.6. The number of halogens is 1. The van der Waals surface area contributed by atoms with Crippen LogP contribution in [-0.2, 0) is 18.6 Å². The van der Waals surface area contributed by atoms with Crippen LogP contribution in [0, 0.1) is 5.82 Å². The van der Waals surface area contributed by atoms with Crippen LogP contribution in [0.1, 0.15) is 36.1 Å². The number of pyridine rings is 1. The second-order valence-electron chi connectivity index (χ2n) is 8.99. The molecule has 1 saturated carbocycles. The fourth-order valence-electron chi connectivity index (χ4n) is 5.05. The summed E-state index contributed by atoms with van der Waals surface area (Å²) in [5.41, 5.74) is 3.98. The Kier molecular flexibility index (Phi) is 4.31. The molecule has 5 aromatic rings. The Morgan fingerprint density at radius 1 is 1.11 bits per heavy atom. The molecule has 0 atom stereocenters. The third-order valence-electron chi connectivity index (χ3n) is 7.07. The number of benzene rings is 1. The van der Waals surface area contributed by atoms with Gasteiger partial charge in [0.2, 0.25) is 5.95 Å². The van der Waals surface area contributed by atoms with Gasteiger partial charge in [0.1, 0.15) is 29.8 Å². The molecule has 10 nitrogen and oxygen atoms in total. The van der Waals surface area contributed by atoms with Crippen LogP contribution >= 0.6 is 0 Å². The summed E-state index contributed by atoms with van der Waals surface area (Å²) in [4.78, 5) is 9.04. The van der Waals surface area contributed by atoms with Crippen molar-refractivity contribution in [1.29, 1.82) is 0 Å². The zero-order valence-electron chi connectivity index (χ0n) is 18.6. The summed E-state index contributed by atoms with van der Waals surface area (Å²) in [5, 5.41) is 26.9. The number of ether oxygens (including phenoxy) is 1. The lowest BCUT2D eigenvalue weighted by Crippen LogP contribution is -2.35. The van der Waals surface area contributed by atoms with E-state index in [4.69, 9.17) is 4.74 Å². The standard InChI is InChI=1S/C24H21FN8O2/c25-18-3-4-19-14(6-9-35-19)16(18)10-26-23-27-11-17(22-31-29-13-32(22)23)15-2-5-20(24(34)7-1-8-24)33-21(15)28-12-30-33/h2-5,11-13,34H,1,6-10H2,(H,26,27). The quantitative estimate of drug-likeness (QED) is 0.401. The Balaban J connectivity index is 1.27. The summed E-state index contributed by atoms with van der Waals surface area (Å²) in [6.07, 6.45) is 7.81. The first kappa shape index (κ1) is 20.3. The summed E-state index contributed by atoms with van der Waals surface area (Å²) >= 11 is 0. The maximum absolute atomic E-state index is 14.6. The van der Waals surface area contributed by atoms with Gasteiger partial charge in [0.05, 0.1) is 12.3 Å². The Bertz CT molecular complexity index is 1610. The first-order chi connectivity index (χ1) is 17.1. The highest BCUT2D eigenvalue weighted by atomic mass is 19.1. The van der Waals surface area contributed by atoms with Gasteiger partial charge in [0.25, 0.3) is 0 Å². The molecule has 1 aliphatic heterocycles. The number of hydrogen-bond acceptors (Lipinski definition) is 8. The van der Waals surface area contributed by atoms with Gasteiger partial charge in [0.15, 0.2) is 11.3 Å². The molecule has 0 radical (unpaired) electrons. The zero-order chi connectivity index (χ0) is 23.6. The Labute approximate surface area is 198 Å². The van der Waals surface area contributed by atoms with Gasteiger partial charge in [-0.25, -0.2) is 18.9 Å². The van der Waals surface area contributed by atoms with Crippen molar-refractivity contribution in [1.82, 2.24) is 34.2 Å². The molecule has 0 amide bonds. The highest BCUT2D eigenvalue weighted by Gasteiger charge is 2.39. The highest BCUT2D eigenvalue weighted by Crippen LogP contribution is 2.42.